The highest BCUT2D eigenvalue weighted by Gasteiger charge is 2.44. The third-order valence-electron chi connectivity index (χ3n) is 2.89. The van der Waals surface area contributed by atoms with Gasteiger partial charge in [-0.25, -0.2) is 9.18 Å². The van der Waals surface area contributed by atoms with Crippen molar-refractivity contribution in [2.24, 2.45) is 0 Å². The van der Waals surface area contributed by atoms with Crippen LogP contribution in [0.5, 0.6) is 0 Å². The highest BCUT2D eigenvalue weighted by atomic mass is 79.9. The number of rotatable bonds is 3. The SMILES string of the molecule is C[C@@]1(F)C[C@H](COC(=O)c2ccc(Cl)cc2)O[C@@H]1Br. The summed E-state index contributed by atoms with van der Waals surface area (Å²) in [5.41, 5.74) is -1.04. The average Bonchev–Trinajstić information content (AvgIpc) is 2.61. The van der Waals surface area contributed by atoms with Crippen molar-refractivity contribution in [1.29, 1.82) is 0 Å². The first-order valence-corrected chi connectivity index (χ1v) is 7.09. The summed E-state index contributed by atoms with van der Waals surface area (Å²) in [6, 6.07) is 6.37. The van der Waals surface area contributed by atoms with Crippen LogP contribution in [0.2, 0.25) is 5.02 Å². The van der Waals surface area contributed by atoms with E-state index >= 15 is 0 Å². The van der Waals surface area contributed by atoms with Crippen LogP contribution in [0.15, 0.2) is 24.3 Å². The van der Waals surface area contributed by atoms with Crippen molar-refractivity contribution in [2.45, 2.75) is 30.1 Å². The van der Waals surface area contributed by atoms with Crippen molar-refractivity contribution in [3.63, 3.8) is 0 Å². The number of hydrogen-bond donors (Lipinski definition) is 0. The molecule has 0 N–H and O–H groups in total. The van der Waals surface area contributed by atoms with Crippen molar-refractivity contribution in [1.82, 2.24) is 0 Å². The molecule has 2 rings (SSSR count). The van der Waals surface area contributed by atoms with Crippen LogP contribution in [0.4, 0.5) is 4.39 Å². The quantitative estimate of drug-likeness (QED) is 0.615. The van der Waals surface area contributed by atoms with Crippen molar-refractivity contribution >= 4 is 33.5 Å². The molecule has 0 aromatic heterocycles. The molecule has 1 aliphatic heterocycles. The zero-order chi connectivity index (χ0) is 14.0. The Hall–Kier alpha value is -0.650. The van der Waals surface area contributed by atoms with Gasteiger partial charge in [0.05, 0.1) is 11.7 Å². The van der Waals surface area contributed by atoms with E-state index in [1.165, 1.54) is 6.92 Å². The van der Waals surface area contributed by atoms with Gasteiger partial charge in [0.1, 0.15) is 17.3 Å². The van der Waals surface area contributed by atoms with Gasteiger partial charge >= 0.3 is 5.97 Å². The number of carbonyl (C=O) groups is 1. The lowest BCUT2D eigenvalue weighted by molar-refractivity contribution is 0.00816. The summed E-state index contributed by atoms with van der Waals surface area (Å²) in [5, 5.41) is -0.120. The molecule has 0 spiro atoms. The summed E-state index contributed by atoms with van der Waals surface area (Å²) >= 11 is 8.83. The van der Waals surface area contributed by atoms with E-state index in [2.05, 4.69) is 15.9 Å². The molecule has 1 heterocycles. The minimum atomic E-state index is -1.45. The van der Waals surface area contributed by atoms with E-state index in [0.717, 1.165) is 0 Å². The Morgan fingerprint density at radius 3 is 2.74 bits per heavy atom. The van der Waals surface area contributed by atoms with Crippen LogP contribution in [0, 0.1) is 0 Å². The largest absolute Gasteiger partial charge is 0.459 e. The molecule has 3 atom stereocenters. The minimum absolute atomic E-state index is 0.0308. The Morgan fingerprint density at radius 1 is 1.58 bits per heavy atom. The van der Waals surface area contributed by atoms with Crippen molar-refractivity contribution in [3.8, 4) is 0 Å². The van der Waals surface area contributed by atoms with Gasteiger partial charge in [0.25, 0.3) is 0 Å². The number of alkyl halides is 2. The van der Waals surface area contributed by atoms with E-state index in [9.17, 15) is 9.18 Å². The molecule has 0 amide bonds. The molecule has 6 heteroatoms. The fourth-order valence-electron chi connectivity index (χ4n) is 1.83. The number of esters is 1. The fourth-order valence-corrected chi connectivity index (χ4v) is 2.45. The Labute approximate surface area is 124 Å². The van der Waals surface area contributed by atoms with E-state index in [-0.39, 0.29) is 13.0 Å². The van der Waals surface area contributed by atoms with Gasteiger partial charge in [-0.05, 0) is 31.2 Å². The van der Waals surface area contributed by atoms with E-state index in [1.54, 1.807) is 24.3 Å². The topological polar surface area (TPSA) is 35.5 Å². The minimum Gasteiger partial charge on any atom is -0.459 e. The first kappa shape index (κ1) is 14.8. The predicted molar refractivity (Wildman–Crippen MR) is 73.5 cm³/mol. The fraction of sp³-hybridized carbons (Fsp3) is 0.462. The molecule has 1 aliphatic rings. The smallest absolute Gasteiger partial charge is 0.338 e. The zero-order valence-electron chi connectivity index (χ0n) is 10.2. The number of hydrogen-bond acceptors (Lipinski definition) is 3. The van der Waals surface area contributed by atoms with E-state index in [1.807, 2.05) is 0 Å². The normalized spacial score (nSPS) is 30.3. The second-order valence-corrected chi connectivity index (χ2v) is 5.93. The highest BCUT2D eigenvalue weighted by Crippen LogP contribution is 2.37. The molecule has 0 saturated carbocycles. The van der Waals surface area contributed by atoms with Gasteiger partial charge in [0, 0.05) is 11.4 Å². The summed E-state index contributed by atoms with van der Waals surface area (Å²) in [7, 11) is 0. The lowest BCUT2D eigenvalue weighted by Gasteiger charge is -2.13. The van der Waals surface area contributed by atoms with Gasteiger partial charge < -0.3 is 9.47 Å². The number of halogens is 3. The molecule has 0 radical (unpaired) electrons. The molecule has 19 heavy (non-hydrogen) atoms. The van der Waals surface area contributed by atoms with E-state index < -0.39 is 22.8 Å². The summed E-state index contributed by atoms with van der Waals surface area (Å²) < 4.78 is 24.2. The number of ether oxygens (including phenoxy) is 2. The van der Waals surface area contributed by atoms with Crippen molar-refractivity contribution < 1.29 is 18.7 Å². The van der Waals surface area contributed by atoms with Crippen molar-refractivity contribution in [3.05, 3.63) is 34.9 Å². The molecule has 3 nitrogen and oxygen atoms in total. The number of carbonyl (C=O) groups excluding carboxylic acids is 1. The van der Waals surface area contributed by atoms with Crippen LogP contribution in [-0.2, 0) is 9.47 Å². The lowest BCUT2D eigenvalue weighted by atomic mass is 10.1. The van der Waals surface area contributed by atoms with Gasteiger partial charge in [0.15, 0.2) is 0 Å². The third-order valence-corrected chi connectivity index (χ3v) is 4.31. The summed E-state index contributed by atoms with van der Waals surface area (Å²) in [6.45, 7) is 1.48. The Kier molecular flexibility index (Phi) is 4.48. The highest BCUT2D eigenvalue weighted by molar-refractivity contribution is 9.09. The van der Waals surface area contributed by atoms with Gasteiger partial charge in [-0.1, -0.05) is 27.5 Å². The second-order valence-electron chi connectivity index (χ2n) is 4.66. The summed E-state index contributed by atoms with van der Waals surface area (Å²) in [6.07, 6.45) is -0.243. The predicted octanol–water partition coefficient (Wildman–Crippen LogP) is 3.73. The molecule has 1 saturated heterocycles. The molecule has 0 bridgehead atoms. The Balaban J connectivity index is 1.86. The van der Waals surface area contributed by atoms with Crippen LogP contribution in [0.3, 0.4) is 0 Å². The molecular weight excluding hydrogens is 338 g/mol. The molecule has 1 aromatic rings. The molecule has 1 aromatic carbocycles. The van der Waals surface area contributed by atoms with Crippen LogP contribution in [0.25, 0.3) is 0 Å². The maximum absolute atomic E-state index is 13.8. The average molecular weight is 352 g/mol. The van der Waals surface area contributed by atoms with E-state index in [0.29, 0.717) is 10.6 Å². The molecule has 1 fully saturated rings. The van der Waals surface area contributed by atoms with Crippen molar-refractivity contribution in [2.75, 3.05) is 6.61 Å². The van der Waals surface area contributed by atoms with Gasteiger partial charge in [-0.15, -0.1) is 0 Å². The van der Waals surface area contributed by atoms with Crippen LogP contribution in [-0.4, -0.2) is 29.4 Å². The third kappa shape index (κ3) is 3.68. The van der Waals surface area contributed by atoms with Gasteiger partial charge in [-0.2, -0.15) is 0 Å². The van der Waals surface area contributed by atoms with Gasteiger partial charge in [0.2, 0.25) is 0 Å². The van der Waals surface area contributed by atoms with E-state index in [4.69, 9.17) is 21.1 Å². The number of benzene rings is 1. The van der Waals surface area contributed by atoms with Gasteiger partial charge in [-0.3, -0.25) is 0 Å². The monoisotopic (exact) mass is 350 g/mol. The first-order valence-electron chi connectivity index (χ1n) is 5.79. The Bertz CT molecular complexity index is 463. The van der Waals surface area contributed by atoms with Crippen LogP contribution in [0.1, 0.15) is 23.7 Å². The summed E-state index contributed by atoms with van der Waals surface area (Å²) in [4.78, 5) is 11.7. The zero-order valence-corrected chi connectivity index (χ0v) is 12.6. The molecule has 0 aliphatic carbocycles. The molecule has 0 unspecified atom stereocenters. The molecular formula is C13H13BrClFO3. The molecule has 104 valence electrons. The standard InChI is InChI=1S/C13H13BrClFO3/c1-13(16)6-10(19-12(13)14)7-18-11(17)8-2-4-9(15)5-3-8/h2-5,10,12H,6-7H2,1H3/t10-,12+,13-/m1/s1. The maximum Gasteiger partial charge on any atom is 0.338 e. The lowest BCUT2D eigenvalue weighted by Crippen LogP contribution is -2.24. The van der Waals surface area contributed by atoms with Crippen LogP contribution < -0.4 is 0 Å². The Morgan fingerprint density at radius 2 is 2.21 bits per heavy atom. The first-order chi connectivity index (χ1) is 8.88. The second kappa shape index (κ2) is 5.77. The van der Waals surface area contributed by atoms with Crippen LogP contribution >= 0.6 is 27.5 Å². The summed E-state index contributed by atoms with van der Waals surface area (Å²) in [5.74, 6) is -0.473. The maximum atomic E-state index is 13.8.